The summed E-state index contributed by atoms with van der Waals surface area (Å²) in [5, 5.41) is 17.3. The molecule has 0 radical (unpaired) electrons. The van der Waals surface area contributed by atoms with Gasteiger partial charge in [-0.25, -0.2) is 4.39 Å². The van der Waals surface area contributed by atoms with E-state index in [4.69, 9.17) is 31.1 Å². The average molecular weight is 508 g/mol. The standard InChI is InChI=1S/C26H23ClFN5O3/c1-34-23-7-3-5-18(26(23)35-2)25-19-13-16(27)14-20(28)24(19)33-11-4-6-21(33)22(36-25)9-12-32-15-17(8-10-29)30-31-32/h3-7,11,13-15,22,25H,8-9,12H2,1-2H3/t22-,25-/m1/s1. The fraction of sp³-hybridized carbons (Fsp3) is 0.269. The molecule has 184 valence electrons. The first kappa shape index (κ1) is 23.9. The Bertz CT molecular complexity index is 1440. The van der Waals surface area contributed by atoms with Gasteiger partial charge in [-0.2, -0.15) is 5.26 Å². The Balaban J connectivity index is 1.61. The van der Waals surface area contributed by atoms with Gasteiger partial charge < -0.3 is 18.8 Å². The number of rotatable bonds is 7. The van der Waals surface area contributed by atoms with E-state index in [9.17, 15) is 0 Å². The van der Waals surface area contributed by atoms with E-state index >= 15 is 4.39 Å². The molecule has 10 heteroatoms. The molecule has 2 aromatic heterocycles. The SMILES string of the molecule is COc1cccc([C@H]2O[C@H](CCn3cc(CC#N)nn3)c3cccn3-c3c(F)cc(Cl)cc32)c1OC. The zero-order valence-electron chi connectivity index (χ0n) is 19.7. The van der Waals surface area contributed by atoms with Gasteiger partial charge in [-0.15, -0.1) is 5.10 Å². The Kier molecular flexibility index (Phi) is 6.63. The van der Waals surface area contributed by atoms with Crippen LogP contribution in [0.4, 0.5) is 4.39 Å². The maximum absolute atomic E-state index is 15.5. The average Bonchev–Trinajstić information content (AvgIpc) is 3.51. The van der Waals surface area contributed by atoms with Gasteiger partial charge in [0.15, 0.2) is 11.5 Å². The molecule has 1 aliphatic rings. The second kappa shape index (κ2) is 10.0. The molecule has 8 nitrogen and oxygen atoms in total. The molecular formula is C26H23ClFN5O3. The Morgan fingerprint density at radius 3 is 2.81 bits per heavy atom. The van der Waals surface area contributed by atoms with E-state index in [1.54, 1.807) is 41.8 Å². The predicted molar refractivity (Wildman–Crippen MR) is 130 cm³/mol. The van der Waals surface area contributed by atoms with Crippen molar-refractivity contribution >= 4 is 11.6 Å². The topological polar surface area (TPSA) is 87.1 Å². The minimum atomic E-state index is -0.701. The van der Waals surface area contributed by atoms with Gasteiger partial charge in [0.2, 0.25) is 0 Å². The summed E-state index contributed by atoms with van der Waals surface area (Å²) >= 11 is 6.32. The summed E-state index contributed by atoms with van der Waals surface area (Å²) in [6.07, 6.45) is 3.13. The summed E-state index contributed by atoms with van der Waals surface area (Å²) in [7, 11) is 3.12. The smallest absolute Gasteiger partial charge is 0.166 e. The first-order valence-electron chi connectivity index (χ1n) is 11.3. The van der Waals surface area contributed by atoms with Crippen molar-refractivity contribution in [1.82, 2.24) is 19.6 Å². The third-order valence-electron chi connectivity index (χ3n) is 6.17. The maximum atomic E-state index is 15.5. The van der Waals surface area contributed by atoms with Crippen LogP contribution < -0.4 is 9.47 Å². The fourth-order valence-electron chi connectivity index (χ4n) is 4.64. The second-order valence-electron chi connectivity index (χ2n) is 8.31. The Morgan fingerprint density at radius 1 is 1.17 bits per heavy atom. The molecule has 5 rings (SSSR count). The van der Waals surface area contributed by atoms with Crippen LogP contribution in [-0.4, -0.2) is 33.8 Å². The molecule has 0 N–H and O–H groups in total. The number of fused-ring (bicyclic) bond motifs is 3. The van der Waals surface area contributed by atoms with Crippen LogP contribution in [0.2, 0.25) is 5.02 Å². The maximum Gasteiger partial charge on any atom is 0.166 e. The lowest BCUT2D eigenvalue weighted by Gasteiger charge is -2.25. The molecule has 0 saturated heterocycles. The molecule has 1 aliphatic heterocycles. The van der Waals surface area contributed by atoms with Crippen molar-refractivity contribution in [2.24, 2.45) is 0 Å². The monoisotopic (exact) mass is 507 g/mol. The van der Waals surface area contributed by atoms with Crippen LogP contribution >= 0.6 is 11.6 Å². The molecule has 0 spiro atoms. The van der Waals surface area contributed by atoms with Crippen molar-refractivity contribution in [3.05, 3.63) is 88.2 Å². The van der Waals surface area contributed by atoms with Crippen molar-refractivity contribution in [2.45, 2.75) is 31.6 Å². The molecule has 2 atom stereocenters. The molecule has 36 heavy (non-hydrogen) atoms. The number of aryl methyl sites for hydroxylation is 1. The number of aromatic nitrogens is 4. The van der Waals surface area contributed by atoms with Gasteiger partial charge in [0, 0.05) is 35.1 Å². The van der Waals surface area contributed by atoms with Crippen LogP contribution in [0.25, 0.3) is 5.69 Å². The van der Waals surface area contributed by atoms with Crippen molar-refractivity contribution in [1.29, 1.82) is 5.26 Å². The third kappa shape index (κ3) is 4.30. The van der Waals surface area contributed by atoms with Crippen LogP contribution in [0.1, 0.15) is 41.1 Å². The van der Waals surface area contributed by atoms with Crippen molar-refractivity contribution in [3.63, 3.8) is 0 Å². The minimum Gasteiger partial charge on any atom is -0.493 e. The number of benzene rings is 2. The van der Waals surface area contributed by atoms with E-state index in [0.29, 0.717) is 47.0 Å². The highest BCUT2D eigenvalue weighted by Crippen LogP contribution is 2.47. The molecule has 4 aromatic rings. The number of para-hydroxylation sites is 1. The normalized spacial score (nSPS) is 16.5. The summed E-state index contributed by atoms with van der Waals surface area (Å²) in [6, 6.07) is 14.4. The van der Waals surface area contributed by atoms with Crippen LogP contribution in [0.3, 0.4) is 0 Å². The van der Waals surface area contributed by atoms with Gasteiger partial charge in [0.25, 0.3) is 0 Å². The fourth-order valence-corrected chi connectivity index (χ4v) is 4.86. The largest absolute Gasteiger partial charge is 0.493 e. The Morgan fingerprint density at radius 2 is 2.03 bits per heavy atom. The highest BCUT2D eigenvalue weighted by Gasteiger charge is 2.34. The number of halogens is 2. The van der Waals surface area contributed by atoms with E-state index in [1.165, 1.54) is 6.07 Å². The van der Waals surface area contributed by atoms with E-state index in [0.717, 1.165) is 5.69 Å². The molecule has 3 heterocycles. The van der Waals surface area contributed by atoms with Gasteiger partial charge in [-0.05, 0) is 36.8 Å². The molecule has 0 aliphatic carbocycles. The van der Waals surface area contributed by atoms with Crippen molar-refractivity contribution in [3.8, 4) is 23.3 Å². The molecule has 0 fully saturated rings. The molecule has 0 saturated carbocycles. The summed E-state index contributed by atoms with van der Waals surface area (Å²) in [5.74, 6) is 0.582. The van der Waals surface area contributed by atoms with Crippen LogP contribution in [0.15, 0.2) is 54.9 Å². The van der Waals surface area contributed by atoms with E-state index < -0.39 is 18.0 Å². The quantitative estimate of drug-likeness (QED) is 0.342. The number of nitriles is 1. The second-order valence-corrected chi connectivity index (χ2v) is 8.75. The zero-order chi connectivity index (χ0) is 25.2. The summed E-state index contributed by atoms with van der Waals surface area (Å²) < 4.78 is 36.9. The lowest BCUT2D eigenvalue weighted by Crippen LogP contribution is -2.14. The first-order chi connectivity index (χ1) is 17.5. The van der Waals surface area contributed by atoms with Crippen LogP contribution in [0, 0.1) is 17.1 Å². The van der Waals surface area contributed by atoms with Crippen molar-refractivity contribution < 1.29 is 18.6 Å². The van der Waals surface area contributed by atoms with Gasteiger partial charge in [-0.3, -0.25) is 4.68 Å². The Labute approximate surface area is 212 Å². The van der Waals surface area contributed by atoms with E-state index in [2.05, 4.69) is 16.4 Å². The number of ether oxygens (including phenoxy) is 3. The molecular weight excluding hydrogens is 485 g/mol. The summed E-state index contributed by atoms with van der Waals surface area (Å²) in [4.78, 5) is 0. The molecule has 0 amide bonds. The van der Waals surface area contributed by atoms with Gasteiger partial charge in [0.1, 0.15) is 18.0 Å². The molecule has 0 bridgehead atoms. The van der Waals surface area contributed by atoms with E-state index in [-0.39, 0.29) is 11.4 Å². The Hall–Kier alpha value is -3.87. The van der Waals surface area contributed by atoms with E-state index in [1.807, 2.05) is 30.5 Å². The zero-order valence-corrected chi connectivity index (χ0v) is 20.4. The number of hydrogen-bond donors (Lipinski definition) is 0. The van der Waals surface area contributed by atoms with Gasteiger partial charge in [0.05, 0.1) is 43.8 Å². The van der Waals surface area contributed by atoms with Gasteiger partial charge in [-0.1, -0.05) is 28.9 Å². The lowest BCUT2D eigenvalue weighted by atomic mass is 9.98. The third-order valence-corrected chi connectivity index (χ3v) is 6.39. The molecule has 0 unspecified atom stereocenters. The summed E-state index contributed by atoms with van der Waals surface area (Å²) in [6.45, 7) is 0.482. The number of methoxy groups -OCH3 is 2. The highest BCUT2D eigenvalue weighted by atomic mass is 35.5. The minimum absolute atomic E-state index is 0.190. The molecule has 2 aromatic carbocycles. The van der Waals surface area contributed by atoms with Crippen LogP contribution in [-0.2, 0) is 17.7 Å². The first-order valence-corrected chi connectivity index (χ1v) is 11.7. The predicted octanol–water partition coefficient (Wildman–Crippen LogP) is 5.20. The van der Waals surface area contributed by atoms with Crippen molar-refractivity contribution in [2.75, 3.05) is 14.2 Å². The lowest BCUT2D eigenvalue weighted by molar-refractivity contribution is -0.00176. The number of hydrogen-bond acceptors (Lipinski definition) is 6. The highest BCUT2D eigenvalue weighted by molar-refractivity contribution is 6.30. The van der Waals surface area contributed by atoms with Crippen LogP contribution in [0.5, 0.6) is 11.5 Å². The number of nitrogens with zero attached hydrogens (tertiary/aromatic N) is 5. The summed E-state index contributed by atoms with van der Waals surface area (Å²) in [5.41, 5.74) is 3.02. The van der Waals surface area contributed by atoms with Gasteiger partial charge >= 0.3 is 0 Å².